The summed E-state index contributed by atoms with van der Waals surface area (Å²) in [5, 5.41) is 2.73. The van der Waals surface area contributed by atoms with E-state index in [9.17, 15) is 9.59 Å². The largest absolute Gasteiger partial charge is 0.467 e. The fourth-order valence-corrected chi connectivity index (χ4v) is 2.34. The van der Waals surface area contributed by atoms with Crippen LogP contribution in [0.3, 0.4) is 0 Å². The Hall–Kier alpha value is -1.88. The molecule has 5 heteroatoms. The normalized spacial score (nSPS) is 19.0. The second-order valence-corrected chi connectivity index (χ2v) is 5.28. The van der Waals surface area contributed by atoms with Crippen LogP contribution < -0.4 is 5.32 Å². The molecule has 2 atom stereocenters. The molecular formula is C16H21NO4. The highest BCUT2D eigenvalue weighted by Crippen LogP contribution is 2.13. The number of carbonyl (C=O) groups excluding carboxylic acids is 2. The lowest BCUT2D eigenvalue weighted by Crippen LogP contribution is -2.47. The van der Waals surface area contributed by atoms with Crippen LogP contribution in [-0.4, -0.2) is 37.7 Å². The van der Waals surface area contributed by atoms with Crippen LogP contribution in [-0.2, 0) is 25.5 Å². The van der Waals surface area contributed by atoms with Crippen LogP contribution in [0.4, 0.5) is 0 Å². The highest BCUT2D eigenvalue weighted by atomic mass is 16.5. The van der Waals surface area contributed by atoms with Gasteiger partial charge >= 0.3 is 5.97 Å². The van der Waals surface area contributed by atoms with E-state index >= 15 is 0 Å². The summed E-state index contributed by atoms with van der Waals surface area (Å²) < 4.78 is 10.1. The lowest BCUT2D eigenvalue weighted by molar-refractivity contribution is -0.146. The fraction of sp³-hybridized carbons (Fsp3) is 0.500. The molecule has 1 aromatic carbocycles. The molecule has 1 saturated heterocycles. The summed E-state index contributed by atoms with van der Waals surface area (Å²) in [7, 11) is 1.32. The molecule has 0 aliphatic carbocycles. The standard InChI is InChI=1S/C16H21NO4/c1-11-5-7-12(8-6-11)10-13(16(19)20-2)17-15(18)14-4-3-9-21-14/h5-8,13-14H,3-4,9-10H2,1-2H3,(H,17,18)/t13-,14+/m0/s1. The Morgan fingerprint density at radius 3 is 2.67 bits per heavy atom. The third kappa shape index (κ3) is 4.29. The van der Waals surface area contributed by atoms with E-state index in [0.29, 0.717) is 19.4 Å². The van der Waals surface area contributed by atoms with Crippen LogP contribution in [0.5, 0.6) is 0 Å². The van der Waals surface area contributed by atoms with Gasteiger partial charge in [-0.15, -0.1) is 0 Å². The molecule has 1 amide bonds. The van der Waals surface area contributed by atoms with Crippen molar-refractivity contribution in [2.24, 2.45) is 0 Å². The SMILES string of the molecule is COC(=O)[C@H](Cc1ccc(C)cc1)NC(=O)[C@H]1CCCO1. The van der Waals surface area contributed by atoms with Crippen molar-refractivity contribution in [1.82, 2.24) is 5.32 Å². The molecule has 0 saturated carbocycles. The average Bonchev–Trinajstić information content (AvgIpc) is 3.02. The Morgan fingerprint density at radius 1 is 1.38 bits per heavy atom. The van der Waals surface area contributed by atoms with E-state index in [1.54, 1.807) is 0 Å². The molecule has 0 bridgehead atoms. The van der Waals surface area contributed by atoms with Gasteiger partial charge in [0.1, 0.15) is 12.1 Å². The van der Waals surface area contributed by atoms with E-state index in [-0.39, 0.29) is 5.91 Å². The van der Waals surface area contributed by atoms with Crippen molar-refractivity contribution in [2.75, 3.05) is 13.7 Å². The van der Waals surface area contributed by atoms with Gasteiger partial charge in [-0.1, -0.05) is 29.8 Å². The van der Waals surface area contributed by atoms with Gasteiger partial charge in [0, 0.05) is 13.0 Å². The molecule has 1 aromatic rings. The van der Waals surface area contributed by atoms with Gasteiger partial charge in [-0.25, -0.2) is 4.79 Å². The van der Waals surface area contributed by atoms with Gasteiger partial charge in [-0.3, -0.25) is 4.79 Å². The van der Waals surface area contributed by atoms with Crippen LogP contribution in [0.25, 0.3) is 0 Å². The number of ether oxygens (including phenoxy) is 2. The van der Waals surface area contributed by atoms with Crippen LogP contribution >= 0.6 is 0 Å². The second-order valence-electron chi connectivity index (χ2n) is 5.28. The molecule has 1 N–H and O–H groups in total. The van der Waals surface area contributed by atoms with E-state index in [0.717, 1.165) is 17.5 Å². The van der Waals surface area contributed by atoms with Gasteiger partial charge in [-0.05, 0) is 25.3 Å². The Balaban J connectivity index is 2.01. The number of benzene rings is 1. The van der Waals surface area contributed by atoms with Crippen LogP contribution in [0.15, 0.2) is 24.3 Å². The van der Waals surface area contributed by atoms with E-state index < -0.39 is 18.1 Å². The molecule has 0 unspecified atom stereocenters. The van der Waals surface area contributed by atoms with E-state index in [1.807, 2.05) is 31.2 Å². The number of esters is 1. The molecule has 1 heterocycles. The molecule has 114 valence electrons. The van der Waals surface area contributed by atoms with E-state index in [2.05, 4.69) is 5.32 Å². The van der Waals surface area contributed by atoms with E-state index in [4.69, 9.17) is 9.47 Å². The van der Waals surface area contributed by atoms with Crippen molar-refractivity contribution in [3.8, 4) is 0 Å². The lowest BCUT2D eigenvalue weighted by atomic mass is 10.0. The van der Waals surface area contributed by atoms with Crippen molar-refractivity contribution >= 4 is 11.9 Å². The fourth-order valence-electron chi connectivity index (χ4n) is 2.34. The number of carbonyl (C=O) groups is 2. The predicted octanol–water partition coefficient (Wildman–Crippen LogP) is 1.37. The number of aryl methyl sites for hydroxylation is 1. The molecule has 0 radical (unpaired) electrons. The van der Waals surface area contributed by atoms with Gasteiger partial charge < -0.3 is 14.8 Å². The summed E-state index contributed by atoms with van der Waals surface area (Å²) in [5.74, 6) is -0.683. The van der Waals surface area contributed by atoms with Crippen molar-refractivity contribution in [2.45, 2.75) is 38.3 Å². The smallest absolute Gasteiger partial charge is 0.328 e. The summed E-state index contributed by atoms with van der Waals surface area (Å²) in [4.78, 5) is 23.9. The minimum absolute atomic E-state index is 0.241. The molecule has 1 fully saturated rings. The Labute approximate surface area is 124 Å². The number of rotatable bonds is 5. The molecule has 21 heavy (non-hydrogen) atoms. The summed E-state index contributed by atoms with van der Waals surface area (Å²) >= 11 is 0. The van der Waals surface area contributed by atoms with Crippen LogP contribution in [0, 0.1) is 6.92 Å². The van der Waals surface area contributed by atoms with Gasteiger partial charge in [0.15, 0.2) is 0 Å². The summed E-state index contributed by atoms with van der Waals surface area (Å²) in [6.07, 6.45) is 1.53. The maximum Gasteiger partial charge on any atom is 0.328 e. The summed E-state index contributed by atoms with van der Waals surface area (Å²) in [5.41, 5.74) is 2.13. The van der Waals surface area contributed by atoms with Crippen molar-refractivity contribution in [3.63, 3.8) is 0 Å². The molecule has 0 spiro atoms. The average molecular weight is 291 g/mol. The highest BCUT2D eigenvalue weighted by molar-refractivity contribution is 5.87. The Morgan fingerprint density at radius 2 is 2.10 bits per heavy atom. The first kappa shape index (κ1) is 15.5. The number of amides is 1. The van der Waals surface area contributed by atoms with Crippen molar-refractivity contribution in [3.05, 3.63) is 35.4 Å². The molecular weight excluding hydrogens is 270 g/mol. The van der Waals surface area contributed by atoms with Gasteiger partial charge in [0.2, 0.25) is 5.91 Å². The summed E-state index contributed by atoms with van der Waals surface area (Å²) in [6, 6.07) is 7.17. The number of hydrogen-bond donors (Lipinski definition) is 1. The van der Waals surface area contributed by atoms with Crippen molar-refractivity contribution in [1.29, 1.82) is 0 Å². The van der Waals surface area contributed by atoms with Gasteiger partial charge in [-0.2, -0.15) is 0 Å². The van der Waals surface area contributed by atoms with Gasteiger partial charge in [0.25, 0.3) is 0 Å². The topological polar surface area (TPSA) is 64.6 Å². The number of nitrogens with one attached hydrogen (secondary N) is 1. The number of hydrogen-bond acceptors (Lipinski definition) is 4. The van der Waals surface area contributed by atoms with E-state index in [1.165, 1.54) is 7.11 Å². The van der Waals surface area contributed by atoms with Gasteiger partial charge in [0.05, 0.1) is 7.11 Å². The zero-order chi connectivity index (χ0) is 15.2. The minimum Gasteiger partial charge on any atom is -0.467 e. The number of methoxy groups -OCH3 is 1. The molecule has 5 nitrogen and oxygen atoms in total. The third-order valence-electron chi connectivity index (χ3n) is 3.58. The maximum atomic E-state index is 12.1. The Kier molecular flexibility index (Phi) is 5.33. The first-order valence-corrected chi connectivity index (χ1v) is 7.15. The molecule has 1 aliphatic heterocycles. The third-order valence-corrected chi connectivity index (χ3v) is 3.58. The molecule has 2 rings (SSSR count). The van der Waals surface area contributed by atoms with Crippen molar-refractivity contribution < 1.29 is 19.1 Å². The maximum absolute atomic E-state index is 12.1. The molecule has 1 aliphatic rings. The first-order chi connectivity index (χ1) is 10.1. The lowest BCUT2D eigenvalue weighted by Gasteiger charge is -2.18. The predicted molar refractivity (Wildman–Crippen MR) is 77.8 cm³/mol. The monoisotopic (exact) mass is 291 g/mol. The Bertz CT molecular complexity index is 492. The minimum atomic E-state index is -0.686. The second kappa shape index (κ2) is 7.22. The van der Waals surface area contributed by atoms with Crippen LogP contribution in [0.2, 0.25) is 0 Å². The zero-order valence-electron chi connectivity index (χ0n) is 12.4. The molecule has 0 aromatic heterocycles. The first-order valence-electron chi connectivity index (χ1n) is 7.15. The van der Waals surface area contributed by atoms with Crippen LogP contribution in [0.1, 0.15) is 24.0 Å². The summed E-state index contributed by atoms with van der Waals surface area (Å²) in [6.45, 7) is 2.60. The quantitative estimate of drug-likeness (QED) is 0.832. The zero-order valence-corrected chi connectivity index (χ0v) is 12.4. The highest BCUT2D eigenvalue weighted by Gasteiger charge is 2.28.